The third-order valence-corrected chi connectivity index (χ3v) is 7.17. The van der Waals surface area contributed by atoms with Crippen LogP contribution >= 0.6 is 0 Å². The van der Waals surface area contributed by atoms with E-state index in [2.05, 4.69) is 31.9 Å². The third kappa shape index (κ3) is 5.94. The van der Waals surface area contributed by atoms with Gasteiger partial charge in [-0.3, -0.25) is 4.90 Å². The molecule has 3 heterocycles. The first-order valence-electron chi connectivity index (χ1n) is 13.3. The molecular formula is C30H35FN6O2. The summed E-state index contributed by atoms with van der Waals surface area (Å²) in [5, 5.41) is 3.04. The van der Waals surface area contributed by atoms with Crippen molar-refractivity contribution in [1.29, 1.82) is 0 Å². The molecule has 0 saturated carbocycles. The second-order valence-electron chi connectivity index (χ2n) is 9.70. The van der Waals surface area contributed by atoms with Crippen molar-refractivity contribution in [2.24, 2.45) is 0 Å². The molecule has 2 aromatic heterocycles. The van der Waals surface area contributed by atoms with Crippen LogP contribution in [0.15, 0.2) is 60.8 Å². The van der Waals surface area contributed by atoms with Crippen molar-refractivity contribution in [3.05, 3.63) is 78.0 Å². The molecule has 4 aromatic rings. The molecule has 0 unspecified atom stereocenters. The van der Waals surface area contributed by atoms with Gasteiger partial charge in [0.25, 0.3) is 0 Å². The van der Waals surface area contributed by atoms with Gasteiger partial charge in [-0.25, -0.2) is 19.3 Å². The highest BCUT2D eigenvalue weighted by Gasteiger charge is 2.32. The second kappa shape index (κ2) is 12.4. The fourth-order valence-electron chi connectivity index (χ4n) is 5.35. The van der Waals surface area contributed by atoms with Crippen LogP contribution in [-0.4, -0.2) is 65.4 Å². The average Bonchev–Trinajstić information content (AvgIpc) is 3.53. The summed E-state index contributed by atoms with van der Waals surface area (Å²) in [7, 11) is 5.26. The maximum atomic E-state index is 13.8. The predicted octanol–water partition coefficient (Wildman–Crippen LogP) is 5.22. The summed E-state index contributed by atoms with van der Waals surface area (Å²) in [6.07, 6.45) is 4.53. The van der Waals surface area contributed by atoms with Gasteiger partial charge in [-0.2, -0.15) is 0 Å². The van der Waals surface area contributed by atoms with Gasteiger partial charge in [-0.05, 0) is 49.2 Å². The maximum absolute atomic E-state index is 13.8. The molecule has 39 heavy (non-hydrogen) atoms. The van der Waals surface area contributed by atoms with E-state index >= 15 is 0 Å². The standard InChI is InChI=1S/C30H35FN6O2/c1-32-30-33-16-15-25(34-30)29-28(21-9-11-23(31)12-10-21)35-27-14-13-24(37(27)29)20-36(17-6-18-38-2)19-22-7-4-5-8-26(22)39-3/h4-5,7-12,15-16,24H,6,13-14,17-20H2,1-3H3,(H,32,33,34)/t24-/m0/s1. The smallest absolute Gasteiger partial charge is 0.222 e. The molecule has 1 aliphatic heterocycles. The molecule has 0 spiro atoms. The first kappa shape index (κ1) is 26.8. The number of fused-ring (bicyclic) bond motifs is 1. The van der Waals surface area contributed by atoms with E-state index in [1.165, 1.54) is 12.1 Å². The summed E-state index contributed by atoms with van der Waals surface area (Å²) < 4.78 is 27.1. The van der Waals surface area contributed by atoms with Crippen LogP contribution in [0.5, 0.6) is 5.75 Å². The molecule has 5 rings (SSSR count). The van der Waals surface area contributed by atoms with Gasteiger partial charge in [0.15, 0.2) is 0 Å². The van der Waals surface area contributed by atoms with E-state index in [0.29, 0.717) is 12.6 Å². The zero-order chi connectivity index (χ0) is 27.2. The molecule has 0 saturated heterocycles. The SMILES string of the molecule is CNc1nccc(-c2c(-c3ccc(F)cc3)nc3n2[C@H](CN(CCCOC)Cc2ccccc2OC)CC3)n1. The lowest BCUT2D eigenvalue weighted by Gasteiger charge is -2.28. The number of nitrogens with one attached hydrogen (secondary N) is 1. The van der Waals surface area contributed by atoms with Crippen LogP contribution in [0.4, 0.5) is 10.3 Å². The fourth-order valence-corrected chi connectivity index (χ4v) is 5.35. The molecule has 0 radical (unpaired) electrons. The van der Waals surface area contributed by atoms with E-state index < -0.39 is 0 Å². The Morgan fingerprint density at radius 2 is 1.90 bits per heavy atom. The van der Waals surface area contributed by atoms with Crippen molar-refractivity contribution >= 4 is 5.95 Å². The van der Waals surface area contributed by atoms with Crippen molar-refractivity contribution in [1.82, 2.24) is 24.4 Å². The predicted molar refractivity (Wildman–Crippen MR) is 150 cm³/mol. The zero-order valence-corrected chi connectivity index (χ0v) is 22.7. The number of imidazole rings is 1. The van der Waals surface area contributed by atoms with Crippen molar-refractivity contribution in [3.8, 4) is 28.4 Å². The van der Waals surface area contributed by atoms with E-state index in [9.17, 15) is 4.39 Å². The van der Waals surface area contributed by atoms with E-state index in [-0.39, 0.29) is 11.9 Å². The lowest BCUT2D eigenvalue weighted by Crippen LogP contribution is -2.31. The number of para-hydroxylation sites is 1. The number of halogens is 1. The highest BCUT2D eigenvalue weighted by molar-refractivity contribution is 5.78. The minimum Gasteiger partial charge on any atom is -0.496 e. The van der Waals surface area contributed by atoms with Gasteiger partial charge in [0, 0.05) is 70.2 Å². The van der Waals surface area contributed by atoms with Gasteiger partial charge in [0.2, 0.25) is 5.95 Å². The van der Waals surface area contributed by atoms with Crippen LogP contribution < -0.4 is 10.1 Å². The van der Waals surface area contributed by atoms with Crippen molar-refractivity contribution in [2.45, 2.75) is 31.8 Å². The average molecular weight is 531 g/mol. The molecule has 8 nitrogen and oxygen atoms in total. The van der Waals surface area contributed by atoms with E-state index in [1.54, 1.807) is 39.6 Å². The summed E-state index contributed by atoms with van der Waals surface area (Å²) in [6.45, 7) is 3.21. The zero-order valence-electron chi connectivity index (χ0n) is 22.7. The number of methoxy groups -OCH3 is 2. The molecular weight excluding hydrogens is 495 g/mol. The van der Waals surface area contributed by atoms with E-state index in [4.69, 9.17) is 19.4 Å². The Labute approximate surface area is 228 Å². The van der Waals surface area contributed by atoms with Crippen LogP contribution in [0, 0.1) is 5.82 Å². The highest BCUT2D eigenvalue weighted by Crippen LogP contribution is 2.39. The Kier molecular flexibility index (Phi) is 8.48. The molecule has 0 amide bonds. The molecule has 0 bridgehead atoms. The fraction of sp³-hybridized carbons (Fsp3) is 0.367. The largest absolute Gasteiger partial charge is 0.496 e. The minimum atomic E-state index is -0.271. The summed E-state index contributed by atoms with van der Waals surface area (Å²) in [5.74, 6) is 2.18. The molecule has 0 aliphatic carbocycles. The first-order valence-corrected chi connectivity index (χ1v) is 13.3. The molecule has 9 heteroatoms. The molecule has 204 valence electrons. The Hall–Kier alpha value is -3.82. The van der Waals surface area contributed by atoms with Crippen LogP contribution in [0.3, 0.4) is 0 Å². The number of hydrogen-bond donors (Lipinski definition) is 1. The monoisotopic (exact) mass is 530 g/mol. The number of nitrogens with zero attached hydrogens (tertiary/aromatic N) is 5. The highest BCUT2D eigenvalue weighted by atomic mass is 19.1. The van der Waals surface area contributed by atoms with Gasteiger partial charge in [0.05, 0.1) is 24.2 Å². The Bertz CT molecular complexity index is 1390. The minimum absolute atomic E-state index is 0.196. The topological polar surface area (TPSA) is 77.3 Å². The number of ether oxygens (including phenoxy) is 2. The van der Waals surface area contributed by atoms with E-state index in [1.807, 2.05) is 18.2 Å². The lowest BCUT2D eigenvalue weighted by molar-refractivity contribution is 0.160. The first-order chi connectivity index (χ1) is 19.1. The number of aryl methyl sites for hydroxylation is 1. The Balaban J connectivity index is 1.53. The molecule has 0 fully saturated rings. The quantitative estimate of drug-likeness (QED) is 0.252. The Morgan fingerprint density at radius 1 is 1.08 bits per heavy atom. The van der Waals surface area contributed by atoms with Crippen LogP contribution in [0.25, 0.3) is 22.6 Å². The molecule has 1 atom stereocenters. The van der Waals surface area contributed by atoms with Crippen LogP contribution in [0.2, 0.25) is 0 Å². The van der Waals surface area contributed by atoms with Crippen molar-refractivity contribution in [3.63, 3.8) is 0 Å². The van der Waals surface area contributed by atoms with Crippen molar-refractivity contribution in [2.75, 3.05) is 46.3 Å². The summed E-state index contributed by atoms with van der Waals surface area (Å²) in [5.41, 5.74) is 4.55. The van der Waals surface area contributed by atoms with Gasteiger partial charge in [-0.15, -0.1) is 0 Å². The molecule has 1 aliphatic rings. The number of benzene rings is 2. The lowest BCUT2D eigenvalue weighted by atomic mass is 10.1. The summed E-state index contributed by atoms with van der Waals surface area (Å²) in [6, 6.07) is 16.8. The molecule has 2 aromatic carbocycles. The Morgan fingerprint density at radius 3 is 2.67 bits per heavy atom. The normalized spacial score (nSPS) is 14.5. The van der Waals surface area contributed by atoms with Gasteiger partial charge < -0.3 is 19.4 Å². The number of anilines is 1. The van der Waals surface area contributed by atoms with Gasteiger partial charge in [0.1, 0.15) is 17.4 Å². The third-order valence-electron chi connectivity index (χ3n) is 7.17. The number of aromatic nitrogens is 4. The van der Waals surface area contributed by atoms with Gasteiger partial charge >= 0.3 is 0 Å². The van der Waals surface area contributed by atoms with E-state index in [0.717, 1.165) is 78.7 Å². The van der Waals surface area contributed by atoms with Crippen LogP contribution in [-0.2, 0) is 17.7 Å². The summed E-state index contributed by atoms with van der Waals surface area (Å²) in [4.78, 5) is 16.6. The van der Waals surface area contributed by atoms with Crippen molar-refractivity contribution < 1.29 is 13.9 Å². The van der Waals surface area contributed by atoms with Crippen LogP contribution in [0.1, 0.15) is 30.3 Å². The van der Waals surface area contributed by atoms with Gasteiger partial charge in [-0.1, -0.05) is 18.2 Å². The number of hydrogen-bond acceptors (Lipinski definition) is 7. The maximum Gasteiger partial charge on any atom is 0.222 e. The summed E-state index contributed by atoms with van der Waals surface area (Å²) >= 11 is 0. The number of rotatable bonds is 12. The molecule has 1 N–H and O–H groups in total. The second-order valence-corrected chi connectivity index (χ2v) is 9.70.